The molecule has 6 heteroatoms. The minimum absolute atomic E-state index is 0.0999. The zero-order valence-electron chi connectivity index (χ0n) is 9.01. The van der Waals surface area contributed by atoms with Gasteiger partial charge in [-0.2, -0.15) is 0 Å². The molecular formula is C12H7IN2OS2. The molecule has 0 unspecified atom stereocenters. The highest BCUT2D eigenvalue weighted by molar-refractivity contribution is 14.1. The first-order chi connectivity index (χ1) is 8.72. The first-order valence-corrected chi connectivity index (χ1v) is 7.90. The van der Waals surface area contributed by atoms with Gasteiger partial charge in [-0.25, -0.2) is 4.98 Å². The molecule has 0 saturated carbocycles. The maximum absolute atomic E-state index is 12.0. The Kier molecular flexibility index (Phi) is 3.31. The normalized spacial score (nSPS) is 10.7. The average molecular weight is 386 g/mol. The lowest BCUT2D eigenvalue weighted by Gasteiger charge is -2.01. The van der Waals surface area contributed by atoms with Gasteiger partial charge in [-0.1, -0.05) is 0 Å². The number of rotatable bonds is 2. The van der Waals surface area contributed by atoms with Crippen LogP contribution in [0.1, 0.15) is 9.67 Å². The number of halogens is 1. The third-order valence-electron chi connectivity index (χ3n) is 2.33. The SMILES string of the molecule is O=C(Nc1ccc(I)cn1)c1cc2sccc2s1. The fourth-order valence-corrected chi connectivity index (χ4v) is 3.83. The van der Waals surface area contributed by atoms with Crippen molar-refractivity contribution in [2.24, 2.45) is 0 Å². The van der Waals surface area contributed by atoms with Gasteiger partial charge in [-0.15, -0.1) is 22.7 Å². The van der Waals surface area contributed by atoms with E-state index in [-0.39, 0.29) is 5.91 Å². The van der Waals surface area contributed by atoms with Gasteiger partial charge in [0.25, 0.3) is 5.91 Å². The molecule has 0 fully saturated rings. The molecule has 3 aromatic heterocycles. The van der Waals surface area contributed by atoms with E-state index in [2.05, 4.69) is 32.9 Å². The molecule has 0 atom stereocenters. The summed E-state index contributed by atoms with van der Waals surface area (Å²) in [6.45, 7) is 0. The van der Waals surface area contributed by atoms with Gasteiger partial charge in [0.2, 0.25) is 0 Å². The van der Waals surface area contributed by atoms with Gasteiger partial charge in [0.1, 0.15) is 5.82 Å². The number of nitrogens with one attached hydrogen (secondary N) is 1. The van der Waals surface area contributed by atoms with Crippen LogP contribution in [0.25, 0.3) is 9.40 Å². The van der Waals surface area contributed by atoms with E-state index in [4.69, 9.17) is 0 Å². The number of hydrogen-bond donors (Lipinski definition) is 1. The van der Waals surface area contributed by atoms with Crippen molar-refractivity contribution < 1.29 is 4.79 Å². The molecule has 0 aliphatic heterocycles. The monoisotopic (exact) mass is 386 g/mol. The Morgan fingerprint density at radius 3 is 2.89 bits per heavy atom. The molecule has 0 saturated heterocycles. The summed E-state index contributed by atoms with van der Waals surface area (Å²) in [4.78, 5) is 16.9. The Bertz CT molecular complexity index is 674. The average Bonchev–Trinajstić information content (AvgIpc) is 2.92. The summed E-state index contributed by atoms with van der Waals surface area (Å²) in [5, 5.41) is 4.83. The number of pyridine rings is 1. The van der Waals surface area contributed by atoms with Crippen molar-refractivity contribution in [1.29, 1.82) is 0 Å². The molecule has 3 nitrogen and oxygen atoms in total. The van der Waals surface area contributed by atoms with Crippen LogP contribution in [0.15, 0.2) is 35.8 Å². The largest absolute Gasteiger partial charge is 0.306 e. The highest BCUT2D eigenvalue weighted by Gasteiger charge is 2.11. The minimum Gasteiger partial charge on any atom is -0.306 e. The van der Waals surface area contributed by atoms with E-state index < -0.39 is 0 Å². The number of anilines is 1. The third kappa shape index (κ3) is 2.40. The third-order valence-corrected chi connectivity index (χ3v) is 5.06. The Morgan fingerprint density at radius 1 is 1.28 bits per heavy atom. The summed E-state index contributed by atoms with van der Waals surface area (Å²) in [6.07, 6.45) is 1.73. The second-order valence-electron chi connectivity index (χ2n) is 3.58. The van der Waals surface area contributed by atoms with Crippen molar-refractivity contribution in [3.63, 3.8) is 0 Å². The van der Waals surface area contributed by atoms with Gasteiger partial charge in [0.15, 0.2) is 0 Å². The standard InChI is InChI=1S/C12H7IN2OS2/c13-7-1-2-11(14-6-7)15-12(16)10-5-9-8(18-10)3-4-17-9/h1-6H,(H,14,15,16). The molecule has 1 N–H and O–H groups in total. The topological polar surface area (TPSA) is 42.0 Å². The van der Waals surface area contributed by atoms with E-state index in [9.17, 15) is 4.79 Å². The van der Waals surface area contributed by atoms with Crippen LogP contribution in [0.4, 0.5) is 5.82 Å². The number of carbonyl (C=O) groups excluding carboxylic acids is 1. The number of thiophene rings is 2. The van der Waals surface area contributed by atoms with E-state index in [1.165, 1.54) is 11.3 Å². The summed E-state index contributed by atoms with van der Waals surface area (Å²) in [6, 6.07) is 7.67. The van der Waals surface area contributed by atoms with Crippen molar-refractivity contribution in [3.8, 4) is 0 Å². The Labute approximate surface area is 125 Å². The van der Waals surface area contributed by atoms with Gasteiger partial charge >= 0.3 is 0 Å². The second-order valence-corrected chi connectivity index (χ2v) is 6.85. The van der Waals surface area contributed by atoms with Crippen LogP contribution in [-0.4, -0.2) is 10.9 Å². The molecule has 0 radical (unpaired) electrons. The van der Waals surface area contributed by atoms with E-state index >= 15 is 0 Å². The number of carbonyl (C=O) groups is 1. The summed E-state index contributed by atoms with van der Waals surface area (Å²) >= 11 is 5.33. The molecular weight excluding hydrogens is 379 g/mol. The van der Waals surface area contributed by atoms with Crippen LogP contribution in [-0.2, 0) is 0 Å². The predicted molar refractivity (Wildman–Crippen MR) is 84.6 cm³/mol. The molecule has 3 rings (SSSR count). The Morgan fingerprint density at radius 2 is 2.17 bits per heavy atom. The molecule has 18 heavy (non-hydrogen) atoms. The van der Waals surface area contributed by atoms with Crippen LogP contribution in [0.5, 0.6) is 0 Å². The van der Waals surface area contributed by atoms with Crippen molar-refractivity contribution in [2.75, 3.05) is 5.32 Å². The number of nitrogens with zero attached hydrogens (tertiary/aromatic N) is 1. The lowest BCUT2D eigenvalue weighted by molar-refractivity contribution is 0.103. The minimum atomic E-state index is -0.0999. The first-order valence-electron chi connectivity index (χ1n) is 5.12. The molecule has 0 aliphatic rings. The zero-order valence-corrected chi connectivity index (χ0v) is 12.8. The lowest BCUT2D eigenvalue weighted by atomic mass is 10.4. The maximum Gasteiger partial charge on any atom is 0.266 e. The molecule has 0 aliphatic carbocycles. The van der Waals surface area contributed by atoms with Crippen LogP contribution in [0.2, 0.25) is 0 Å². The smallest absolute Gasteiger partial charge is 0.266 e. The van der Waals surface area contributed by atoms with Crippen molar-refractivity contribution >= 4 is 66.4 Å². The Hall–Kier alpha value is -0.990. The van der Waals surface area contributed by atoms with Gasteiger partial charge < -0.3 is 5.32 Å². The molecule has 3 aromatic rings. The van der Waals surface area contributed by atoms with Crippen LogP contribution in [0, 0.1) is 3.57 Å². The highest BCUT2D eigenvalue weighted by atomic mass is 127. The van der Waals surface area contributed by atoms with Crippen LogP contribution < -0.4 is 5.32 Å². The molecule has 0 spiro atoms. The highest BCUT2D eigenvalue weighted by Crippen LogP contribution is 2.30. The van der Waals surface area contributed by atoms with Crippen LogP contribution in [0.3, 0.4) is 0 Å². The Balaban J connectivity index is 1.82. The van der Waals surface area contributed by atoms with E-state index in [0.29, 0.717) is 5.82 Å². The molecule has 0 aromatic carbocycles. The summed E-state index contributed by atoms with van der Waals surface area (Å²) in [5.74, 6) is 0.481. The molecule has 3 heterocycles. The maximum atomic E-state index is 12.0. The van der Waals surface area contributed by atoms with Crippen molar-refractivity contribution in [3.05, 3.63) is 44.3 Å². The molecule has 90 valence electrons. The number of fused-ring (bicyclic) bond motifs is 1. The zero-order chi connectivity index (χ0) is 12.5. The van der Waals surface area contributed by atoms with Gasteiger partial charge in [0.05, 0.1) is 4.88 Å². The number of hydrogen-bond acceptors (Lipinski definition) is 4. The van der Waals surface area contributed by atoms with E-state index in [0.717, 1.165) is 17.8 Å². The fourth-order valence-electron chi connectivity index (χ4n) is 1.51. The second kappa shape index (κ2) is 4.94. The van der Waals surface area contributed by atoms with Crippen molar-refractivity contribution in [2.45, 2.75) is 0 Å². The number of aromatic nitrogens is 1. The fraction of sp³-hybridized carbons (Fsp3) is 0. The van der Waals surface area contributed by atoms with Crippen molar-refractivity contribution in [1.82, 2.24) is 4.98 Å². The first kappa shape index (κ1) is 12.1. The van der Waals surface area contributed by atoms with Gasteiger partial charge in [0, 0.05) is 19.2 Å². The van der Waals surface area contributed by atoms with Crippen LogP contribution >= 0.6 is 45.3 Å². The van der Waals surface area contributed by atoms with Gasteiger partial charge in [-0.3, -0.25) is 4.79 Å². The molecule has 1 amide bonds. The summed E-state index contributed by atoms with van der Waals surface area (Å²) in [7, 11) is 0. The molecule has 0 bridgehead atoms. The summed E-state index contributed by atoms with van der Waals surface area (Å²) < 4.78 is 3.35. The van der Waals surface area contributed by atoms with Gasteiger partial charge in [-0.05, 0) is 52.2 Å². The number of amides is 1. The summed E-state index contributed by atoms with van der Waals surface area (Å²) in [5.41, 5.74) is 0. The lowest BCUT2D eigenvalue weighted by Crippen LogP contribution is -2.11. The van der Waals surface area contributed by atoms with E-state index in [1.807, 2.05) is 23.6 Å². The predicted octanol–water partition coefficient (Wildman–Crippen LogP) is 4.21. The van der Waals surface area contributed by atoms with E-state index in [1.54, 1.807) is 23.6 Å². The quantitative estimate of drug-likeness (QED) is 0.671.